The Bertz CT molecular complexity index is 582. The average molecular weight is 392 g/mol. The van der Waals surface area contributed by atoms with Crippen LogP contribution in [0, 0.1) is 0 Å². The summed E-state index contributed by atoms with van der Waals surface area (Å²) in [6, 6.07) is 7.58. The van der Waals surface area contributed by atoms with E-state index in [9.17, 15) is 4.79 Å². The van der Waals surface area contributed by atoms with Crippen molar-refractivity contribution < 1.29 is 23.7 Å². The minimum Gasteiger partial charge on any atom is -0.353 e. The lowest BCUT2D eigenvalue weighted by molar-refractivity contribution is -0.208. The molecule has 0 bridgehead atoms. The number of anilines is 1. The van der Waals surface area contributed by atoms with E-state index in [0.29, 0.717) is 5.56 Å². The molecular formula is C22H33NO5. The lowest BCUT2D eigenvalue weighted by Gasteiger charge is -2.39. The van der Waals surface area contributed by atoms with Crippen molar-refractivity contribution in [3.8, 4) is 0 Å². The minimum atomic E-state index is -0.245. The summed E-state index contributed by atoms with van der Waals surface area (Å²) in [4.78, 5) is 13.7. The monoisotopic (exact) mass is 391 g/mol. The van der Waals surface area contributed by atoms with Crippen LogP contribution in [-0.4, -0.2) is 44.0 Å². The molecule has 1 aromatic carbocycles. The van der Waals surface area contributed by atoms with Gasteiger partial charge in [0.15, 0.2) is 18.4 Å². The number of benzene rings is 1. The third-order valence-corrected chi connectivity index (χ3v) is 5.33. The molecule has 1 aromatic rings. The van der Waals surface area contributed by atoms with Crippen LogP contribution in [0.15, 0.2) is 24.3 Å². The Kier molecular flexibility index (Phi) is 7.85. The molecule has 0 saturated carbocycles. The fourth-order valence-corrected chi connectivity index (χ4v) is 3.79. The van der Waals surface area contributed by atoms with Crippen LogP contribution in [0.5, 0.6) is 0 Å². The molecule has 4 atom stereocenters. The van der Waals surface area contributed by atoms with E-state index >= 15 is 0 Å². The number of hydrogen-bond donors (Lipinski definition) is 0. The Morgan fingerprint density at radius 3 is 1.82 bits per heavy atom. The summed E-state index contributed by atoms with van der Waals surface area (Å²) in [5.41, 5.74) is 1.63. The molecule has 6 nitrogen and oxygen atoms in total. The van der Waals surface area contributed by atoms with Crippen molar-refractivity contribution in [3.63, 3.8) is 0 Å². The van der Waals surface area contributed by atoms with E-state index in [1.807, 2.05) is 38.1 Å². The van der Waals surface area contributed by atoms with E-state index in [4.69, 9.17) is 18.9 Å². The Morgan fingerprint density at radius 1 is 0.929 bits per heavy atom. The molecule has 0 radical (unpaired) electrons. The Hall–Kier alpha value is -1.47. The predicted molar refractivity (Wildman–Crippen MR) is 107 cm³/mol. The second kappa shape index (κ2) is 10.3. The van der Waals surface area contributed by atoms with Crippen molar-refractivity contribution in [1.29, 1.82) is 0 Å². The third kappa shape index (κ3) is 5.77. The molecule has 2 aliphatic heterocycles. The van der Waals surface area contributed by atoms with Crippen molar-refractivity contribution in [2.45, 2.75) is 84.3 Å². The number of carbonyl (C=O) groups is 1. The van der Waals surface area contributed by atoms with Crippen LogP contribution in [0.1, 0.15) is 69.7 Å². The van der Waals surface area contributed by atoms with E-state index in [1.54, 1.807) is 6.92 Å². The van der Waals surface area contributed by atoms with Crippen molar-refractivity contribution >= 4 is 11.5 Å². The molecule has 2 saturated heterocycles. The van der Waals surface area contributed by atoms with E-state index in [-0.39, 0.29) is 30.8 Å². The molecule has 28 heavy (non-hydrogen) atoms. The number of ether oxygens (including phenoxy) is 4. The average Bonchev–Trinajstić information content (AvgIpc) is 2.70. The summed E-state index contributed by atoms with van der Waals surface area (Å²) in [6.07, 6.45) is 5.34. The number of carbonyl (C=O) groups excluding carboxylic acids is 1. The van der Waals surface area contributed by atoms with Gasteiger partial charge in [-0.25, -0.2) is 0 Å². The van der Waals surface area contributed by atoms with Gasteiger partial charge in [-0.05, 0) is 83.6 Å². The van der Waals surface area contributed by atoms with Crippen LogP contribution in [0.3, 0.4) is 0 Å². The van der Waals surface area contributed by atoms with Gasteiger partial charge in [0.2, 0.25) is 0 Å². The summed E-state index contributed by atoms with van der Waals surface area (Å²) in [5, 5.41) is 0. The second-order valence-corrected chi connectivity index (χ2v) is 7.57. The zero-order valence-corrected chi connectivity index (χ0v) is 17.3. The standard InChI is InChI=1S/C22H33NO5/c1-16(24)19-10-12-20(13-11-19)23(17(2)27-21-8-4-6-14-25-21)18(3)28-22-9-5-7-15-26-22/h10-13,17-18,21-22H,4-9,14-15H2,1-3H3. The first-order chi connectivity index (χ1) is 13.5. The smallest absolute Gasteiger partial charge is 0.160 e. The number of ketones is 1. The van der Waals surface area contributed by atoms with Gasteiger partial charge in [-0.15, -0.1) is 0 Å². The van der Waals surface area contributed by atoms with Gasteiger partial charge < -0.3 is 23.8 Å². The van der Waals surface area contributed by atoms with Gasteiger partial charge in [-0.2, -0.15) is 0 Å². The normalized spacial score (nSPS) is 25.1. The maximum absolute atomic E-state index is 11.6. The van der Waals surface area contributed by atoms with E-state index in [1.165, 1.54) is 0 Å². The molecule has 2 heterocycles. The largest absolute Gasteiger partial charge is 0.353 e. The van der Waals surface area contributed by atoms with Crippen molar-refractivity contribution in [2.24, 2.45) is 0 Å². The van der Waals surface area contributed by atoms with Gasteiger partial charge in [0, 0.05) is 24.5 Å². The summed E-state index contributed by atoms with van der Waals surface area (Å²) in [7, 11) is 0. The lowest BCUT2D eigenvalue weighted by Crippen LogP contribution is -2.47. The Balaban J connectivity index is 1.74. The SMILES string of the molecule is CC(=O)c1ccc(N(C(C)OC2CCCCO2)C(C)OC2CCCCO2)cc1. The van der Waals surface area contributed by atoms with E-state index < -0.39 is 0 Å². The highest BCUT2D eigenvalue weighted by atomic mass is 16.7. The fraction of sp³-hybridized carbons (Fsp3) is 0.682. The van der Waals surface area contributed by atoms with Crippen LogP contribution in [0.25, 0.3) is 0 Å². The first-order valence-corrected chi connectivity index (χ1v) is 10.5. The van der Waals surface area contributed by atoms with Crippen molar-refractivity contribution in [1.82, 2.24) is 0 Å². The molecule has 0 spiro atoms. The first-order valence-electron chi connectivity index (χ1n) is 10.5. The van der Waals surface area contributed by atoms with E-state index in [2.05, 4.69) is 4.90 Å². The van der Waals surface area contributed by atoms with Crippen LogP contribution in [0.4, 0.5) is 5.69 Å². The predicted octanol–water partition coefficient (Wildman–Crippen LogP) is 4.47. The molecule has 6 heteroatoms. The number of Topliss-reactive ketones (excluding diaryl/α,β-unsaturated/α-hetero) is 1. The van der Waals surface area contributed by atoms with Crippen molar-refractivity contribution in [3.05, 3.63) is 29.8 Å². The third-order valence-electron chi connectivity index (χ3n) is 5.33. The molecule has 0 N–H and O–H groups in total. The second-order valence-electron chi connectivity index (χ2n) is 7.57. The molecular weight excluding hydrogens is 358 g/mol. The topological polar surface area (TPSA) is 57.2 Å². The maximum Gasteiger partial charge on any atom is 0.160 e. The zero-order chi connectivity index (χ0) is 19.9. The van der Waals surface area contributed by atoms with Crippen LogP contribution in [0.2, 0.25) is 0 Å². The fourth-order valence-electron chi connectivity index (χ4n) is 3.79. The Morgan fingerprint density at radius 2 is 1.43 bits per heavy atom. The molecule has 0 aromatic heterocycles. The first kappa shape index (κ1) is 21.2. The molecule has 2 fully saturated rings. The summed E-state index contributed by atoms with van der Waals surface area (Å²) >= 11 is 0. The van der Waals surface area contributed by atoms with Crippen LogP contribution >= 0.6 is 0 Å². The van der Waals surface area contributed by atoms with Crippen LogP contribution in [-0.2, 0) is 18.9 Å². The quantitative estimate of drug-likeness (QED) is 0.481. The molecule has 0 amide bonds. The highest BCUT2D eigenvalue weighted by Crippen LogP contribution is 2.27. The number of hydrogen-bond acceptors (Lipinski definition) is 6. The van der Waals surface area contributed by atoms with Gasteiger partial charge in [0.05, 0.1) is 0 Å². The summed E-state index contributed by atoms with van der Waals surface area (Å²) in [6.45, 7) is 7.08. The summed E-state index contributed by atoms with van der Waals surface area (Å²) < 4.78 is 23.9. The number of nitrogens with zero attached hydrogens (tertiary/aromatic N) is 1. The van der Waals surface area contributed by atoms with Gasteiger partial charge in [-0.1, -0.05) is 0 Å². The van der Waals surface area contributed by atoms with Gasteiger partial charge in [0.25, 0.3) is 0 Å². The lowest BCUT2D eigenvalue weighted by atomic mass is 10.1. The maximum atomic E-state index is 11.6. The van der Waals surface area contributed by atoms with Gasteiger partial charge in [-0.3, -0.25) is 4.79 Å². The highest BCUT2D eigenvalue weighted by Gasteiger charge is 2.28. The Labute approximate surface area is 168 Å². The highest BCUT2D eigenvalue weighted by molar-refractivity contribution is 5.94. The van der Waals surface area contributed by atoms with E-state index in [0.717, 1.165) is 57.4 Å². The minimum absolute atomic E-state index is 0.0536. The molecule has 156 valence electrons. The summed E-state index contributed by atoms with van der Waals surface area (Å²) in [5.74, 6) is 0.0536. The molecule has 3 rings (SSSR count). The van der Waals surface area contributed by atoms with Crippen LogP contribution < -0.4 is 4.90 Å². The molecule has 2 aliphatic rings. The number of rotatable bonds is 8. The zero-order valence-electron chi connectivity index (χ0n) is 17.3. The van der Waals surface area contributed by atoms with Gasteiger partial charge >= 0.3 is 0 Å². The van der Waals surface area contributed by atoms with Gasteiger partial charge in [0.1, 0.15) is 12.5 Å². The molecule has 4 unspecified atom stereocenters. The van der Waals surface area contributed by atoms with Crippen molar-refractivity contribution in [2.75, 3.05) is 18.1 Å². The molecule has 0 aliphatic carbocycles.